The van der Waals surface area contributed by atoms with Crippen molar-refractivity contribution in [3.8, 4) is 11.3 Å². The van der Waals surface area contributed by atoms with Gasteiger partial charge < -0.3 is 0 Å². The molecule has 25 heavy (non-hydrogen) atoms. The van der Waals surface area contributed by atoms with E-state index in [4.69, 9.17) is 0 Å². The topological polar surface area (TPSA) is 32.9 Å². The van der Waals surface area contributed by atoms with Crippen LogP contribution in [0.5, 0.6) is 0 Å². The van der Waals surface area contributed by atoms with Crippen molar-refractivity contribution < 1.29 is 4.39 Å². The van der Waals surface area contributed by atoms with Gasteiger partial charge in [-0.05, 0) is 0 Å². The van der Waals surface area contributed by atoms with Crippen molar-refractivity contribution in [2.24, 2.45) is 0 Å². The molecule has 4 aromatic rings. The first-order valence-corrected chi connectivity index (χ1v) is 9.57. The number of H-pyrrole nitrogens is 1. The Morgan fingerprint density at radius 3 is 2.24 bits per heavy atom. The van der Waals surface area contributed by atoms with E-state index in [2.05, 4.69) is 4.98 Å². The van der Waals surface area contributed by atoms with Crippen LogP contribution in [0.4, 0.5) is 4.39 Å². The van der Waals surface area contributed by atoms with Crippen LogP contribution >= 0.6 is 0 Å². The summed E-state index contributed by atoms with van der Waals surface area (Å²) in [5.41, 5.74) is 2.42. The van der Waals surface area contributed by atoms with E-state index < -0.39 is 0 Å². The predicted octanol–water partition coefficient (Wildman–Crippen LogP) is 2.99. The van der Waals surface area contributed by atoms with Crippen LogP contribution in [0.15, 0.2) is 83.7 Å². The number of hydrogen-bond donors (Lipinski definition) is 1. The zero-order valence-electron chi connectivity index (χ0n) is 13.2. The molecule has 0 atom stereocenters. The molecular weight excluding hydrogens is 380 g/mol. The van der Waals surface area contributed by atoms with Crippen LogP contribution in [0, 0.1) is 5.82 Å². The van der Waals surface area contributed by atoms with Crippen molar-refractivity contribution in [2.75, 3.05) is 0 Å². The number of halogens is 1. The molecule has 2 nitrogen and oxygen atoms in total. The normalized spacial score (nSPS) is 10.9. The molecule has 0 aliphatic rings. The van der Waals surface area contributed by atoms with Gasteiger partial charge in [-0.3, -0.25) is 0 Å². The van der Waals surface area contributed by atoms with Crippen LogP contribution in [0.2, 0.25) is 0 Å². The van der Waals surface area contributed by atoms with E-state index in [-0.39, 0.29) is 26.2 Å². The summed E-state index contributed by atoms with van der Waals surface area (Å²) in [5, 5.41) is 0.682. The van der Waals surface area contributed by atoms with Crippen molar-refractivity contribution >= 4 is 34.8 Å². The Bertz CT molecular complexity index is 1090. The fourth-order valence-electron chi connectivity index (χ4n) is 2.74. The van der Waals surface area contributed by atoms with E-state index in [1.54, 1.807) is 12.1 Å². The number of hydrogen-bond acceptors (Lipinski definition) is 1. The first-order chi connectivity index (χ1) is 12.2. The Kier molecular flexibility index (Phi) is 4.22. The molecule has 0 saturated heterocycles. The SMILES string of the molecule is O=c1c([Se]c2ccccc2)c(-c2ccc(F)cc2)[nH]c2ccccc12. The Labute approximate surface area is 150 Å². The summed E-state index contributed by atoms with van der Waals surface area (Å²) in [6.07, 6.45) is 0. The summed E-state index contributed by atoms with van der Waals surface area (Å²) in [6.45, 7) is 0. The molecule has 0 amide bonds. The first kappa shape index (κ1) is 15.8. The molecule has 4 heteroatoms. The minimum absolute atomic E-state index is 0.0394. The van der Waals surface area contributed by atoms with Crippen LogP contribution in [-0.4, -0.2) is 19.9 Å². The number of aromatic nitrogens is 1. The van der Waals surface area contributed by atoms with Gasteiger partial charge in [0.2, 0.25) is 0 Å². The average Bonchev–Trinajstić information content (AvgIpc) is 2.65. The van der Waals surface area contributed by atoms with Crippen molar-refractivity contribution in [1.82, 2.24) is 4.98 Å². The van der Waals surface area contributed by atoms with Crippen LogP contribution < -0.4 is 14.4 Å². The first-order valence-electron chi connectivity index (χ1n) is 7.86. The van der Waals surface area contributed by atoms with Crippen LogP contribution in [0.25, 0.3) is 22.2 Å². The zero-order valence-corrected chi connectivity index (χ0v) is 14.9. The van der Waals surface area contributed by atoms with Crippen molar-refractivity contribution in [2.45, 2.75) is 0 Å². The zero-order chi connectivity index (χ0) is 17.2. The fourth-order valence-corrected chi connectivity index (χ4v) is 4.84. The molecule has 122 valence electrons. The van der Waals surface area contributed by atoms with Crippen LogP contribution in [0.3, 0.4) is 0 Å². The molecule has 0 radical (unpaired) electrons. The number of nitrogens with one attached hydrogen (secondary N) is 1. The summed E-state index contributed by atoms with van der Waals surface area (Å²) in [7, 11) is 0. The Morgan fingerprint density at radius 2 is 1.48 bits per heavy atom. The Morgan fingerprint density at radius 1 is 0.800 bits per heavy atom. The van der Waals surface area contributed by atoms with Gasteiger partial charge in [-0.15, -0.1) is 0 Å². The molecule has 3 aromatic carbocycles. The Balaban J connectivity index is 1.97. The van der Waals surface area contributed by atoms with E-state index >= 15 is 0 Å². The fraction of sp³-hybridized carbons (Fsp3) is 0. The summed E-state index contributed by atoms with van der Waals surface area (Å²) >= 11 is -0.150. The minimum atomic E-state index is -0.290. The maximum atomic E-state index is 13.3. The molecule has 4 rings (SSSR count). The summed E-state index contributed by atoms with van der Waals surface area (Å²) in [4.78, 5) is 16.5. The number of fused-ring (bicyclic) bond motifs is 1. The number of para-hydroxylation sites is 1. The molecule has 0 saturated carbocycles. The number of benzene rings is 3. The third-order valence-corrected chi connectivity index (χ3v) is 6.27. The second-order valence-corrected chi connectivity index (χ2v) is 7.90. The van der Waals surface area contributed by atoms with E-state index in [9.17, 15) is 9.18 Å². The monoisotopic (exact) mass is 395 g/mol. The van der Waals surface area contributed by atoms with Crippen molar-refractivity contribution in [1.29, 1.82) is 0 Å². The van der Waals surface area contributed by atoms with Gasteiger partial charge in [0.25, 0.3) is 0 Å². The van der Waals surface area contributed by atoms with Gasteiger partial charge in [-0.25, -0.2) is 0 Å². The maximum absolute atomic E-state index is 13.3. The molecule has 1 heterocycles. The standard InChI is InChI=1S/C21H14FNOSe/c22-15-12-10-14(11-13-15)19-21(25-16-6-2-1-3-7-16)20(24)17-8-4-5-9-18(17)23-19/h1-13H,(H,23,24). The van der Waals surface area contributed by atoms with Gasteiger partial charge in [0.1, 0.15) is 0 Å². The van der Waals surface area contributed by atoms with Gasteiger partial charge >= 0.3 is 150 Å². The Hall–Kier alpha value is -2.68. The summed E-state index contributed by atoms with van der Waals surface area (Å²) < 4.78 is 15.2. The molecule has 0 aliphatic heterocycles. The number of rotatable bonds is 3. The summed E-state index contributed by atoms with van der Waals surface area (Å²) in [5.74, 6) is -0.290. The molecule has 0 bridgehead atoms. The third kappa shape index (κ3) is 3.14. The van der Waals surface area contributed by atoms with Gasteiger partial charge in [0, 0.05) is 0 Å². The second-order valence-electron chi connectivity index (χ2n) is 5.63. The van der Waals surface area contributed by atoms with Crippen molar-refractivity contribution in [3.05, 3.63) is 94.9 Å². The van der Waals surface area contributed by atoms with Crippen molar-refractivity contribution in [3.63, 3.8) is 0 Å². The number of pyridine rings is 1. The predicted molar refractivity (Wildman–Crippen MR) is 101 cm³/mol. The molecular formula is C21H14FNOSe. The third-order valence-electron chi connectivity index (χ3n) is 3.96. The molecule has 0 unspecified atom stereocenters. The quantitative estimate of drug-likeness (QED) is 0.533. The van der Waals surface area contributed by atoms with Gasteiger partial charge in [-0.1, -0.05) is 0 Å². The van der Waals surface area contributed by atoms with E-state index in [1.165, 1.54) is 12.1 Å². The molecule has 0 aliphatic carbocycles. The number of aromatic amines is 1. The molecule has 1 N–H and O–H groups in total. The van der Waals surface area contributed by atoms with Crippen LogP contribution in [0.1, 0.15) is 0 Å². The van der Waals surface area contributed by atoms with E-state index in [0.717, 1.165) is 25.7 Å². The molecule has 1 aromatic heterocycles. The second kappa shape index (κ2) is 6.67. The van der Waals surface area contributed by atoms with Gasteiger partial charge in [0.05, 0.1) is 0 Å². The average molecular weight is 394 g/mol. The van der Waals surface area contributed by atoms with Crippen LogP contribution in [-0.2, 0) is 0 Å². The van der Waals surface area contributed by atoms with Gasteiger partial charge in [-0.2, -0.15) is 0 Å². The molecule has 0 spiro atoms. The van der Waals surface area contributed by atoms with E-state index in [0.29, 0.717) is 5.39 Å². The van der Waals surface area contributed by atoms with E-state index in [1.807, 2.05) is 54.6 Å². The summed E-state index contributed by atoms with van der Waals surface area (Å²) in [6, 6.07) is 23.7. The molecule has 0 fully saturated rings. The van der Waals surface area contributed by atoms with Gasteiger partial charge in [0.15, 0.2) is 0 Å².